The first-order chi connectivity index (χ1) is 10.4. The first kappa shape index (κ1) is 15.0. The van der Waals surface area contributed by atoms with Crippen molar-refractivity contribution in [3.05, 3.63) is 30.1 Å². The molecule has 5 heteroatoms. The molecule has 2 heterocycles. The number of hydrogen-bond acceptors (Lipinski definition) is 2. The molecule has 1 aromatic carbocycles. The topological polar surface area (TPSA) is 40.6 Å². The van der Waals surface area contributed by atoms with Gasteiger partial charge in [-0.15, -0.1) is 0 Å². The Morgan fingerprint density at radius 3 is 2.77 bits per heavy atom. The molecule has 1 spiro atoms. The minimum atomic E-state index is -0.339. The summed E-state index contributed by atoms with van der Waals surface area (Å²) in [5.41, 5.74) is 0.434. The van der Waals surface area contributed by atoms with Crippen LogP contribution in [0.1, 0.15) is 26.7 Å². The third kappa shape index (κ3) is 2.60. The lowest BCUT2D eigenvalue weighted by Gasteiger charge is -2.25. The van der Waals surface area contributed by atoms with Crippen molar-refractivity contribution in [3.63, 3.8) is 0 Å². The van der Waals surface area contributed by atoms with Gasteiger partial charge in [0.05, 0.1) is 0 Å². The van der Waals surface area contributed by atoms with E-state index in [1.807, 2.05) is 18.7 Å². The number of carbonyl (C=O) groups excluding carboxylic acids is 2. The molecule has 118 valence electrons. The van der Waals surface area contributed by atoms with Crippen LogP contribution in [0, 0.1) is 17.2 Å². The number of amides is 2. The summed E-state index contributed by atoms with van der Waals surface area (Å²) in [6.45, 7) is 5.69. The van der Waals surface area contributed by atoms with E-state index in [-0.39, 0.29) is 29.0 Å². The highest BCUT2D eigenvalue weighted by atomic mass is 19.1. The Bertz CT molecular complexity index is 616. The van der Waals surface area contributed by atoms with Gasteiger partial charge in [0.25, 0.3) is 0 Å². The smallest absolute Gasteiger partial charge is 0.227 e. The quantitative estimate of drug-likeness (QED) is 0.842. The fraction of sp³-hybridized carbons (Fsp3) is 0.529. The zero-order valence-electron chi connectivity index (χ0n) is 13.0. The van der Waals surface area contributed by atoms with Gasteiger partial charge < -0.3 is 9.80 Å². The Hall–Kier alpha value is -1.91. The summed E-state index contributed by atoms with van der Waals surface area (Å²) in [6.07, 6.45) is 1.27. The predicted molar refractivity (Wildman–Crippen MR) is 81.8 cm³/mol. The van der Waals surface area contributed by atoms with Crippen molar-refractivity contribution in [1.82, 2.24) is 4.90 Å². The molecule has 2 fully saturated rings. The van der Waals surface area contributed by atoms with Crippen molar-refractivity contribution in [2.45, 2.75) is 26.7 Å². The maximum absolute atomic E-state index is 13.4. The SMILES string of the molecule is CC(C)C(=O)N1CCC2(CC(=O)N(c3cccc(F)c3)C2)C1. The molecule has 2 amide bonds. The van der Waals surface area contributed by atoms with Gasteiger partial charge in [-0.05, 0) is 24.6 Å². The Balaban J connectivity index is 1.76. The first-order valence-electron chi connectivity index (χ1n) is 7.75. The lowest BCUT2D eigenvalue weighted by atomic mass is 9.86. The van der Waals surface area contributed by atoms with E-state index < -0.39 is 0 Å². The number of hydrogen-bond donors (Lipinski definition) is 0. The van der Waals surface area contributed by atoms with Crippen LogP contribution in [0.2, 0.25) is 0 Å². The molecule has 2 aliphatic rings. The fourth-order valence-corrected chi connectivity index (χ4v) is 3.54. The van der Waals surface area contributed by atoms with E-state index in [1.165, 1.54) is 12.1 Å². The van der Waals surface area contributed by atoms with Crippen molar-refractivity contribution in [1.29, 1.82) is 0 Å². The highest BCUT2D eigenvalue weighted by Crippen LogP contribution is 2.42. The molecule has 4 nitrogen and oxygen atoms in total. The summed E-state index contributed by atoms with van der Waals surface area (Å²) in [5.74, 6) is -0.196. The largest absolute Gasteiger partial charge is 0.342 e. The Labute approximate surface area is 129 Å². The second-order valence-electron chi connectivity index (χ2n) is 6.80. The molecule has 1 atom stereocenters. The zero-order chi connectivity index (χ0) is 15.9. The number of anilines is 1. The van der Waals surface area contributed by atoms with E-state index in [1.54, 1.807) is 17.0 Å². The standard InChI is InChI=1S/C17H21FN2O2/c1-12(2)16(22)19-7-6-17(10-19)9-15(21)20(11-17)14-5-3-4-13(18)8-14/h3-5,8,12H,6-7,9-11H2,1-2H3. The molecule has 0 radical (unpaired) electrons. The zero-order valence-corrected chi connectivity index (χ0v) is 13.0. The van der Waals surface area contributed by atoms with Gasteiger partial charge >= 0.3 is 0 Å². The van der Waals surface area contributed by atoms with Crippen LogP contribution in [0.5, 0.6) is 0 Å². The Kier molecular flexibility index (Phi) is 3.67. The summed E-state index contributed by atoms with van der Waals surface area (Å²) in [6, 6.07) is 6.14. The molecular formula is C17H21FN2O2. The Morgan fingerprint density at radius 2 is 2.09 bits per heavy atom. The number of benzene rings is 1. The van der Waals surface area contributed by atoms with Crippen molar-refractivity contribution in [3.8, 4) is 0 Å². The number of rotatable bonds is 2. The summed E-state index contributed by atoms with van der Waals surface area (Å²) in [4.78, 5) is 28.0. The van der Waals surface area contributed by atoms with Gasteiger partial charge in [0, 0.05) is 43.1 Å². The summed E-state index contributed by atoms with van der Waals surface area (Å²) in [5, 5.41) is 0. The average molecular weight is 304 g/mol. The predicted octanol–water partition coefficient (Wildman–Crippen LogP) is 2.44. The number of nitrogens with zero attached hydrogens (tertiary/aromatic N) is 2. The number of likely N-dealkylation sites (tertiary alicyclic amines) is 1. The molecule has 1 aromatic rings. The Morgan fingerprint density at radius 1 is 1.32 bits per heavy atom. The average Bonchev–Trinajstić information content (AvgIpc) is 3.02. The number of halogens is 1. The monoisotopic (exact) mass is 304 g/mol. The van der Waals surface area contributed by atoms with Crippen molar-refractivity contribution in [2.75, 3.05) is 24.5 Å². The van der Waals surface area contributed by atoms with E-state index in [2.05, 4.69) is 0 Å². The van der Waals surface area contributed by atoms with Crippen LogP contribution in [-0.4, -0.2) is 36.3 Å². The van der Waals surface area contributed by atoms with E-state index in [9.17, 15) is 14.0 Å². The molecular weight excluding hydrogens is 283 g/mol. The second-order valence-corrected chi connectivity index (χ2v) is 6.80. The van der Waals surface area contributed by atoms with E-state index in [0.717, 1.165) is 6.42 Å². The van der Waals surface area contributed by atoms with Crippen molar-refractivity contribution in [2.24, 2.45) is 11.3 Å². The van der Waals surface area contributed by atoms with Crippen LogP contribution < -0.4 is 4.90 Å². The van der Waals surface area contributed by atoms with Crippen LogP contribution in [0.25, 0.3) is 0 Å². The maximum Gasteiger partial charge on any atom is 0.227 e. The van der Waals surface area contributed by atoms with Crippen LogP contribution >= 0.6 is 0 Å². The molecule has 0 N–H and O–H groups in total. The summed E-state index contributed by atoms with van der Waals surface area (Å²) in [7, 11) is 0. The molecule has 22 heavy (non-hydrogen) atoms. The third-order valence-electron chi connectivity index (χ3n) is 4.68. The molecule has 0 aromatic heterocycles. The van der Waals surface area contributed by atoms with Crippen LogP contribution in [0.15, 0.2) is 24.3 Å². The minimum absolute atomic E-state index is 0.0180. The highest BCUT2D eigenvalue weighted by molar-refractivity contribution is 5.96. The fourth-order valence-electron chi connectivity index (χ4n) is 3.54. The highest BCUT2D eigenvalue weighted by Gasteiger charge is 2.48. The molecule has 1 unspecified atom stereocenters. The number of carbonyl (C=O) groups is 2. The van der Waals surface area contributed by atoms with Gasteiger partial charge in [-0.25, -0.2) is 4.39 Å². The molecule has 2 aliphatic heterocycles. The van der Waals surface area contributed by atoms with Crippen LogP contribution in [-0.2, 0) is 9.59 Å². The van der Waals surface area contributed by atoms with Gasteiger partial charge in [-0.1, -0.05) is 19.9 Å². The van der Waals surface area contributed by atoms with Gasteiger partial charge in [-0.3, -0.25) is 9.59 Å². The lowest BCUT2D eigenvalue weighted by Crippen LogP contribution is -2.36. The third-order valence-corrected chi connectivity index (χ3v) is 4.68. The van der Waals surface area contributed by atoms with E-state index >= 15 is 0 Å². The van der Waals surface area contributed by atoms with Gasteiger partial charge in [-0.2, -0.15) is 0 Å². The van der Waals surface area contributed by atoms with Crippen molar-refractivity contribution >= 4 is 17.5 Å². The summed E-state index contributed by atoms with van der Waals surface area (Å²) < 4.78 is 13.4. The molecule has 2 saturated heterocycles. The van der Waals surface area contributed by atoms with E-state index in [4.69, 9.17) is 0 Å². The lowest BCUT2D eigenvalue weighted by molar-refractivity contribution is -0.133. The van der Waals surface area contributed by atoms with Crippen LogP contribution in [0.3, 0.4) is 0 Å². The minimum Gasteiger partial charge on any atom is -0.342 e. The molecule has 3 rings (SSSR count). The first-order valence-corrected chi connectivity index (χ1v) is 7.75. The van der Waals surface area contributed by atoms with Crippen molar-refractivity contribution < 1.29 is 14.0 Å². The van der Waals surface area contributed by atoms with Gasteiger partial charge in [0.2, 0.25) is 11.8 Å². The normalized spacial score (nSPS) is 24.8. The van der Waals surface area contributed by atoms with Gasteiger partial charge in [0.15, 0.2) is 0 Å². The maximum atomic E-state index is 13.4. The molecule has 0 saturated carbocycles. The van der Waals surface area contributed by atoms with Gasteiger partial charge in [0.1, 0.15) is 5.82 Å². The molecule has 0 aliphatic carbocycles. The molecule has 0 bridgehead atoms. The van der Waals surface area contributed by atoms with E-state index in [0.29, 0.717) is 31.7 Å². The van der Waals surface area contributed by atoms with Crippen LogP contribution in [0.4, 0.5) is 10.1 Å². The second kappa shape index (κ2) is 5.38. The summed E-state index contributed by atoms with van der Waals surface area (Å²) >= 11 is 0.